The maximum atomic E-state index is 12.3. The fraction of sp³-hybridized carbons (Fsp3) is 0.360. The molecule has 2 aliphatic rings. The molecule has 1 N–H and O–H groups in total. The van der Waals surface area contributed by atoms with Gasteiger partial charge in [0.25, 0.3) is 0 Å². The summed E-state index contributed by atoms with van der Waals surface area (Å²) in [4.78, 5) is 18.9. The van der Waals surface area contributed by atoms with E-state index in [-0.39, 0.29) is 12.1 Å². The number of carbonyl (C=O) groups is 1. The molecule has 0 radical (unpaired) electrons. The Morgan fingerprint density at radius 2 is 1.90 bits per heavy atom. The van der Waals surface area contributed by atoms with Crippen molar-refractivity contribution >= 4 is 11.6 Å². The van der Waals surface area contributed by atoms with E-state index in [0.717, 1.165) is 36.2 Å². The van der Waals surface area contributed by atoms with Gasteiger partial charge in [-0.15, -0.1) is 0 Å². The Morgan fingerprint density at radius 1 is 1.10 bits per heavy atom. The first kappa shape index (κ1) is 21.0. The smallest absolute Gasteiger partial charge is 0.317 e. The second-order valence-electron chi connectivity index (χ2n) is 8.14. The zero-order chi connectivity index (χ0) is 22.0. The van der Waals surface area contributed by atoms with Gasteiger partial charge in [-0.05, 0) is 55.2 Å². The lowest BCUT2D eigenvalue weighted by Gasteiger charge is -2.28. The van der Waals surface area contributed by atoms with Crippen molar-refractivity contribution in [1.82, 2.24) is 15.2 Å². The minimum Gasteiger partial charge on any atom is -0.493 e. The van der Waals surface area contributed by atoms with Gasteiger partial charge in [0.15, 0.2) is 11.5 Å². The highest BCUT2D eigenvalue weighted by molar-refractivity contribution is 5.86. The Bertz CT molecular complexity index is 1060. The number of urea groups is 1. The first-order valence-corrected chi connectivity index (χ1v) is 10.7. The maximum Gasteiger partial charge on any atom is 0.317 e. The SMILES string of the molecule is COc1ccc(-c2cnc3c(c2)C(C2=CCN(C(=O)NC(C)C)CC2)=CC3)cc1OC. The molecule has 2 amide bonds. The van der Waals surface area contributed by atoms with Gasteiger partial charge in [-0.25, -0.2) is 4.79 Å². The summed E-state index contributed by atoms with van der Waals surface area (Å²) in [5.41, 5.74) is 6.89. The third kappa shape index (κ3) is 4.29. The highest BCUT2D eigenvalue weighted by Crippen LogP contribution is 2.38. The van der Waals surface area contributed by atoms with Crippen LogP contribution in [0.1, 0.15) is 31.5 Å². The summed E-state index contributed by atoms with van der Waals surface area (Å²) in [5, 5.41) is 2.97. The van der Waals surface area contributed by atoms with Gasteiger partial charge in [-0.1, -0.05) is 18.2 Å². The van der Waals surface area contributed by atoms with Crippen LogP contribution >= 0.6 is 0 Å². The van der Waals surface area contributed by atoms with Crippen molar-refractivity contribution in [2.24, 2.45) is 0 Å². The van der Waals surface area contributed by atoms with Crippen molar-refractivity contribution in [3.05, 3.63) is 59.4 Å². The zero-order valence-corrected chi connectivity index (χ0v) is 18.6. The van der Waals surface area contributed by atoms with Crippen molar-refractivity contribution < 1.29 is 14.3 Å². The van der Waals surface area contributed by atoms with Crippen LogP contribution in [0.4, 0.5) is 4.79 Å². The summed E-state index contributed by atoms with van der Waals surface area (Å²) >= 11 is 0. The lowest BCUT2D eigenvalue weighted by molar-refractivity contribution is 0.199. The lowest BCUT2D eigenvalue weighted by atomic mass is 9.94. The molecular weight excluding hydrogens is 390 g/mol. The van der Waals surface area contributed by atoms with Crippen molar-refractivity contribution in [3.63, 3.8) is 0 Å². The van der Waals surface area contributed by atoms with Gasteiger partial charge in [0.1, 0.15) is 0 Å². The fourth-order valence-corrected chi connectivity index (χ4v) is 4.11. The van der Waals surface area contributed by atoms with Crippen molar-refractivity contribution in [3.8, 4) is 22.6 Å². The molecule has 0 saturated carbocycles. The summed E-state index contributed by atoms with van der Waals surface area (Å²) in [5.74, 6) is 1.41. The van der Waals surface area contributed by atoms with Gasteiger partial charge < -0.3 is 19.7 Å². The van der Waals surface area contributed by atoms with Gasteiger partial charge >= 0.3 is 6.03 Å². The van der Waals surface area contributed by atoms with E-state index in [2.05, 4.69) is 23.5 Å². The van der Waals surface area contributed by atoms with Crippen LogP contribution in [0.3, 0.4) is 0 Å². The van der Waals surface area contributed by atoms with Crippen LogP contribution in [0.2, 0.25) is 0 Å². The van der Waals surface area contributed by atoms with E-state index in [4.69, 9.17) is 14.5 Å². The molecule has 0 unspecified atom stereocenters. The van der Waals surface area contributed by atoms with E-state index >= 15 is 0 Å². The molecule has 31 heavy (non-hydrogen) atoms. The van der Waals surface area contributed by atoms with Crippen LogP contribution < -0.4 is 14.8 Å². The number of ether oxygens (including phenoxy) is 2. The second-order valence-corrected chi connectivity index (χ2v) is 8.14. The van der Waals surface area contributed by atoms with E-state index in [1.165, 1.54) is 16.7 Å². The minimum absolute atomic E-state index is 0.00325. The molecule has 162 valence electrons. The van der Waals surface area contributed by atoms with E-state index < -0.39 is 0 Å². The molecule has 1 aliphatic carbocycles. The monoisotopic (exact) mass is 419 g/mol. The predicted octanol–water partition coefficient (Wildman–Crippen LogP) is 4.46. The van der Waals surface area contributed by atoms with Crippen molar-refractivity contribution in [1.29, 1.82) is 0 Å². The number of allylic oxidation sites excluding steroid dienone is 2. The summed E-state index contributed by atoms with van der Waals surface area (Å²) < 4.78 is 10.8. The first-order valence-electron chi connectivity index (χ1n) is 10.7. The van der Waals surface area contributed by atoms with Crippen molar-refractivity contribution in [2.45, 2.75) is 32.7 Å². The number of aromatic nitrogens is 1. The van der Waals surface area contributed by atoms with Gasteiger partial charge in [-0.2, -0.15) is 0 Å². The normalized spacial score (nSPS) is 15.3. The van der Waals surface area contributed by atoms with Crippen LogP contribution in [-0.4, -0.2) is 49.3 Å². The summed E-state index contributed by atoms with van der Waals surface area (Å²) in [6.07, 6.45) is 8.03. The van der Waals surface area contributed by atoms with Crippen molar-refractivity contribution in [2.75, 3.05) is 27.3 Å². The summed E-state index contributed by atoms with van der Waals surface area (Å²) in [6, 6.07) is 8.27. The third-order valence-electron chi connectivity index (χ3n) is 5.73. The molecule has 0 bridgehead atoms. The molecule has 4 rings (SSSR count). The molecule has 2 heterocycles. The molecule has 0 spiro atoms. The standard InChI is InChI=1S/C25H29N3O3/c1-16(2)27-25(29)28-11-9-17(10-12-28)20-6-7-22-21(20)13-19(15-26-22)18-5-8-23(30-3)24(14-18)31-4/h5-6,8-9,13-16H,7,10-12H2,1-4H3,(H,27,29). The Hall–Kier alpha value is -3.28. The average Bonchev–Trinajstić information content (AvgIpc) is 3.21. The molecular formula is C25H29N3O3. The van der Waals surface area contributed by atoms with Crippen LogP contribution in [0, 0.1) is 0 Å². The first-order chi connectivity index (χ1) is 15.0. The number of hydrogen-bond donors (Lipinski definition) is 1. The quantitative estimate of drug-likeness (QED) is 0.777. The number of hydrogen-bond acceptors (Lipinski definition) is 4. The highest BCUT2D eigenvalue weighted by atomic mass is 16.5. The summed E-state index contributed by atoms with van der Waals surface area (Å²) in [7, 11) is 3.28. The van der Waals surface area contributed by atoms with Gasteiger partial charge in [-0.3, -0.25) is 4.98 Å². The maximum absolute atomic E-state index is 12.3. The lowest BCUT2D eigenvalue weighted by Crippen LogP contribution is -2.44. The van der Waals surface area contributed by atoms with Gasteiger partial charge in [0.2, 0.25) is 0 Å². The van der Waals surface area contributed by atoms with Gasteiger partial charge in [0.05, 0.1) is 19.9 Å². The zero-order valence-electron chi connectivity index (χ0n) is 18.6. The Balaban J connectivity index is 1.57. The number of carbonyl (C=O) groups excluding carboxylic acids is 1. The Morgan fingerprint density at radius 3 is 2.58 bits per heavy atom. The molecule has 6 nitrogen and oxygen atoms in total. The number of fused-ring (bicyclic) bond motifs is 1. The summed E-state index contributed by atoms with van der Waals surface area (Å²) in [6.45, 7) is 5.31. The Kier molecular flexibility index (Phi) is 5.98. The topological polar surface area (TPSA) is 63.7 Å². The van der Waals surface area contributed by atoms with Crippen LogP contribution in [0.5, 0.6) is 11.5 Å². The van der Waals surface area contributed by atoms with E-state index in [0.29, 0.717) is 18.0 Å². The number of amides is 2. The predicted molar refractivity (Wildman–Crippen MR) is 122 cm³/mol. The number of nitrogens with one attached hydrogen (secondary N) is 1. The molecule has 1 aromatic heterocycles. The largest absolute Gasteiger partial charge is 0.493 e. The number of methoxy groups -OCH3 is 2. The van der Waals surface area contributed by atoms with Gasteiger partial charge in [0, 0.05) is 42.9 Å². The molecule has 0 fully saturated rings. The number of pyridine rings is 1. The van der Waals surface area contributed by atoms with E-state index in [9.17, 15) is 4.79 Å². The molecule has 6 heteroatoms. The second kappa shape index (κ2) is 8.84. The van der Waals surface area contributed by atoms with E-state index in [1.807, 2.05) is 43.1 Å². The van der Waals surface area contributed by atoms with E-state index in [1.54, 1.807) is 14.2 Å². The number of rotatable bonds is 5. The van der Waals surface area contributed by atoms with Crippen LogP contribution in [-0.2, 0) is 6.42 Å². The fourth-order valence-electron chi connectivity index (χ4n) is 4.11. The molecule has 2 aromatic rings. The highest BCUT2D eigenvalue weighted by Gasteiger charge is 2.24. The van der Waals surface area contributed by atoms with Crippen LogP contribution in [0.25, 0.3) is 16.7 Å². The minimum atomic E-state index is 0.00325. The number of benzene rings is 1. The third-order valence-corrected chi connectivity index (χ3v) is 5.73. The average molecular weight is 420 g/mol. The van der Waals surface area contributed by atoms with Crippen LogP contribution in [0.15, 0.2) is 48.2 Å². The molecule has 0 atom stereocenters. The molecule has 1 aromatic carbocycles. The molecule has 1 aliphatic heterocycles. The Labute approximate surface area is 183 Å². The number of nitrogens with zero attached hydrogens (tertiary/aromatic N) is 2. The molecule has 0 saturated heterocycles.